The van der Waals surface area contributed by atoms with Gasteiger partial charge in [-0.05, 0) is 75.7 Å². The maximum atomic E-state index is 13.1. The van der Waals surface area contributed by atoms with Crippen LogP contribution in [0.2, 0.25) is 0 Å². The Kier molecular flexibility index (Phi) is 7.73. The number of hydrogen-bond donors (Lipinski definition) is 0. The molecule has 0 radical (unpaired) electrons. The van der Waals surface area contributed by atoms with E-state index in [2.05, 4.69) is 39.7 Å². The second-order valence-corrected chi connectivity index (χ2v) is 10.8. The Labute approximate surface area is 188 Å². The lowest BCUT2D eigenvalue weighted by Gasteiger charge is -2.40. The fraction of sp³-hybridized carbons (Fsp3) is 0.696. The van der Waals surface area contributed by atoms with E-state index in [1.807, 2.05) is 27.7 Å². The van der Waals surface area contributed by atoms with Crippen molar-refractivity contribution in [1.82, 2.24) is 4.98 Å². The Morgan fingerprint density at radius 1 is 1.23 bits per heavy atom. The number of piperidine rings is 1. The molecule has 1 aliphatic heterocycles. The van der Waals surface area contributed by atoms with Crippen molar-refractivity contribution >= 4 is 33.9 Å². The lowest BCUT2D eigenvalue weighted by molar-refractivity contribution is -0.171. The molecule has 1 aromatic rings. The summed E-state index contributed by atoms with van der Waals surface area (Å²) in [6, 6.07) is 0. The molecule has 0 bridgehead atoms. The first-order valence-corrected chi connectivity index (χ1v) is 11.3. The number of ether oxygens (including phenoxy) is 2. The summed E-state index contributed by atoms with van der Waals surface area (Å²) in [4.78, 5) is 31.8. The van der Waals surface area contributed by atoms with Crippen molar-refractivity contribution in [2.75, 3.05) is 18.0 Å². The monoisotopic (exact) mass is 482 g/mol. The van der Waals surface area contributed by atoms with E-state index in [1.165, 1.54) is 0 Å². The summed E-state index contributed by atoms with van der Waals surface area (Å²) in [5.41, 5.74) is 1.83. The lowest BCUT2D eigenvalue weighted by Crippen LogP contribution is -2.39. The number of carbonyl (C=O) groups is 2. The number of esters is 1. The van der Waals surface area contributed by atoms with Crippen LogP contribution in [0, 0.1) is 12.3 Å². The smallest absolute Gasteiger partial charge is 0.340 e. The molecule has 168 valence electrons. The molecule has 0 amide bonds. The zero-order chi connectivity index (χ0) is 22.9. The molecule has 0 spiro atoms. The predicted molar refractivity (Wildman–Crippen MR) is 122 cm³/mol. The number of anilines is 1. The fourth-order valence-corrected chi connectivity index (χ4v) is 4.12. The minimum atomic E-state index is -1.05. The molecular formula is C23H35BrN2O4. The maximum absolute atomic E-state index is 13.1. The average molecular weight is 483 g/mol. The van der Waals surface area contributed by atoms with Gasteiger partial charge in [-0.1, -0.05) is 13.8 Å². The minimum Gasteiger partial charge on any atom is -0.461 e. The van der Waals surface area contributed by atoms with E-state index in [-0.39, 0.29) is 17.2 Å². The first-order chi connectivity index (χ1) is 13.8. The van der Waals surface area contributed by atoms with Crippen molar-refractivity contribution < 1.29 is 19.1 Å². The van der Waals surface area contributed by atoms with E-state index in [1.54, 1.807) is 13.8 Å². The summed E-state index contributed by atoms with van der Waals surface area (Å²) >= 11 is 3.68. The third-order valence-corrected chi connectivity index (χ3v) is 6.14. The number of aryl methyl sites for hydroxylation is 1. The topological polar surface area (TPSA) is 68.7 Å². The quantitative estimate of drug-likeness (QED) is 0.399. The Hall–Kier alpha value is -1.47. The SMILES string of the molecule is Cc1nc(C=O)c([C@H](OC(C)(C)C)C(=O)OC(C)C)c(N2CCC(C)(C)CC2)c1Br. The van der Waals surface area contributed by atoms with Crippen LogP contribution in [-0.2, 0) is 14.3 Å². The highest BCUT2D eigenvalue weighted by molar-refractivity contribution is 9.10. The molecule has 0 aromatic carbocycles. The molecule has 2 rings (SSSR count). The van der Waals surface area contributed by atoms with Gasteiger partial charge < -0.3 is 14.4 Å². The summed E-state index contributed by atoms with van der Waals surface area (Å²) in [6.45, 7) is 17.2. The summed E-state index contributed by atoms with van der Waals surface area (Å²) in [5, 5.41) is 0. The van der Waals surface area contributed by atoms with Crippen LogP contribution in [0.1, 0.15) is 89.2 Å². The highest BCUT2D eigenvalue weighted by Gasteiger charge is 2.37. The lowest BCUT2D eigenvalue weighted by atomic mass is 9.82. The van der Waals surface area contributed by atoms with Crippen molar-refractivity contribution in [1.29, 1.82) is 0 Å². The third-order valence-electron chi connectivity index (χ3n) is 5.19. The van der Waals surface area contributed by atoms with Gasteiger partial charge in [-0.25, -0.2) is 9.78 Å². The number of halogens is 1. The Bertz CT molecular complexity index is 789. The van der Waals surface area contributed by atoms with E-state index >= 15 is 0 Å². The van der Waals surface area contributed by atoms with Gasteiger partial charge in [0.05, 0.1) is 27.6 Å². The van der Waals surface area contributed by atoms with Crippen LogP contribution in [0.4, 0.5) is 5.69 Å². The zero-order valence-corrected chi connectivity index (χ0v) is 21.1. The molecule has 0 aliphatic carbocycles. The molecular weight excluding hydrogens is 448 g/mol. The van der Waals surface area contributed by atoms with Gasteiger partial charge in [0.1, 0.15) is 5.69 Å². The number of nitrogens with zero attached hydrogens (tertiary/aromatic N) is 2. The van der Waals surface area contributed by atoms with Crippen LogP contribution in [0.15, 0.2) is 4.47 Å². The fourth-order valence-electron chi connectivity index (χ4n) is 3.57. The molecule has 1 aliphatic rings. The predicted octanol–water partition coefficient (Wildman–Crippen LogP) is 5.40. The van der Waals surface area contributed by atoms with Gasteiger partial charge in [-0.2, -0.15) is 0 Å². The van der Waals surface area contributed by atoms with Crippen molar-refractivity contribution in [3.8, 4) is 0 Å². The molecule has 0 saturated carbocycles. The van der Waals surface area contributed by atoms with Gasteiger partial charge in [0.15, 0.2) is 12.4 Å². The number of hydrogen-bond acceptors (Lipinski definition) is 6. The minimum absolute atomic E-state index is 0.213. The molecule has 1 fully saturated rings. The second kappa shape index (κ2) is 9.35. The third kappa shape index (κ3) is 6.03. The molecule has 1 saturated heterocycles. The first kappa shape index (κ1) is 24.8. The summed E-state index contributed by atoms with van der Waals surface area (Å²) < 4.78 is 12.5. The molecule has 0 N–H and O–H groups in total. The van der Waals surface area contributed by atoms with Crippen molar-refractivity contribution in [3.05, 3.63) is 21.4 Å². The second-order valence-electron chi connectivity index (χ2n) is 10.0. The van der Waals surface area contributed by atoms with Gasteiger partial charge >= 0.3 is 5.97 Å². The largest absolute Gasteiger partial charge is 0.461 e. The summed E-state index contributed by atoms with van der Waals surface area (Å²) in [5.74, 6) is -0.515. The van der Waals surface area contributed by atoms with Gasteiger partial charge in [0, 0.05) is 18.7 Å². The molecule has 7 heteroatoms. The van der Waals surface area contributed by atoms with Crippen molar-refractivity contribution in [2.45, 2.75) is 86.0 Å². The van der Waals surface area contributed by atoms with E-state index in [0.717, 1.165) is 36.1 Å². The molecule has 6 nitrogen and oxygen atoms in total. The summed E-state index contributed by atoms with van der Waals surface area (Å²) in [6.07, 6.45) is 1.37. The van der Waals surface area contributed by atoms with Gasteiger partial charge in [0.2, 0.25) is 0 Å². The number of rotatable bonds is 6. The normalized spacial score (nSPS) is 17.7. The molecule has 30 heavy (non-hydrogen) atoms. The van der Waals surface area contributed by atoms with E-state index in [4.69, 9.17) is 9.47 Å². The van der Waals surface area contributed by atoms with Gasteiger partial charge in [-0.3, -0.25) is 4.79 Å². The molecule has 1 aromatic heterocycles. The van der Waals surface area contributed by atoms with E-state index in [9.17, 15) is 9.59 Å². The van der Waals surface area contributed by atoms with E-state index < -0.39 is 17.7 Å². The van der Waals surface area contributed by atoms with Gasteiger partial charge in [-0.15, -0.1) is 0 Å². The number of aromatic nitrogens is 1. The van der Waals surface area contributed by atoms with Crippen LogP contribution in [-0.4, -0.2) is 42.0 Å². The highest BCUT2D eigenvalue weighted by atomic mass is 79.9. The average Bonchev–Trinajstić information content (AvgIpc) is 2.60. The van der Waals surface area contributed by atoms with Crippen LogP contribution in [0.25, 0.3) is 0 Å². The molecule has 1 atom stereocenters. The van der Waals surface area contributed by atoms with Crippen LogP contribution < -0.4 is 4.90 Å². The number of pyridine rings is 1. The van der Waals surface area contributed by atoms with Crippen LogP contribution in [0.5, 0.6) is 0 Å². The number of aldehydes is 1. The number of carbonyl (C=O) groups excluding carboxylic acids is 2. The standard InChI is InChI=1S/C23H35BrN2O4/c1-14(2)29-21(28)20(30-22(4,5)6)17-16(13-27)25-15(3)18(24)19(17)26-11-9-23(7,8)10-12-26/h13-14,20H,9-12H2,1-8H3/t20-/m0/s1. The molecule has 0 unspecified atom stereocenters. The molecule has 2 heterocycles. The maximum Gasteiger partial charge on any atom is 0.340 e. The Balaban J connectivity index is 2.68. The summed E-state index contributed by atoms with van der Waals surface area (Å²) in [7, 11) is 0. The Morgan fingerprint density at radius 2 is 1.80 bits per heavy atom. The highest BCUT2D eigenvalue weighted by Crippen LogP contribution is 2.43. The van der Waals surface area contributed by atoms with E-state index in [0.29, 0.717) is 17.5 Å². The zero-order valence-electron chi connectivity index (χ0n) is 19.5. The van der Waals surface area contributed by atoms with Crippen molar-refractivity contribution in [2.24, 2.45) is 5.41 Å². The van der Waals surface area contributed by atoms with Gasteiger partial charge in [0.25, 0.3) is 0 Å². The first-order valence-electron chi connectivity index (χ1n) is 10.5. The van der Waals surface area contributed by atoms with Crippen LogP contribution in [0.3, 0.4) is 0 Å². The van der Waals surface area contributed by atoms with Crippen LogP contribution >= 0.6 is 15.9 Å². The Morgan fingerprint density at radius 3 is 2.27 bits per heavy atom. The van der Waals surface area contributed by atoms with Crippen molar-refractivity contribution in [3.63, 3.8) is 0 Å².